The first-order valence-electron chi connectivity index (χ1n) is 6.99. The van der Waals surface area contributed by atoms with Crippen LogP contribution in [-0.4, -0.2) is 0 Å². The van der Waals surface area contributed by atoms with Gasteiger partial charge in [0, 0.05) is 17.3 Å². The van der Waals surface area contributed by atoms with Crippen LogP contribution in [0, 0.1) is 6.92 Å². The van der Waals surface area contributed by atoms with Gasteiger partial charge in [-0.3, -0.25) is 0 Å². The van der Waals surface area contributed by atoms with Crippen molar-refractivity contribution < 1.29 is 0 Å². The van der Waals surface area contributed by atoms with Gasteiger partial charge in [0.05, 0.1) is 0 Å². The van der Waals surface area contributed by atoms with Crippen molar-refractivity contribution in [2.24, 2.45) is 0 Å². The summed E-state index contributed by atoms with van der Waals surface area (Å²) in [6, 6.07) is 17.7. The molecule has 1 N–H and O–H groups in total. The molecule has 1 heterocycles. The van der Waals surface area contributed by atoms with E-state index in [1.54, 1.807) is 0 Å². The predicted molar refractivity (Wildman–Crippen MR) is 88.3 cm³/mol. The fourth-order valence-electron chi connectivity index (χ4n) is 2.41. The lowest BCUT2D eigenvalue weighted by Gasteiger charge is -2.14. The zero-order valence-corrected chi connectivity index (χ0v) is 12.7. The van der Waals surface area contributed by atoms with Gasteiger partial charge in [0.1, 0.15) is 0 Å². The molecule has 0 aliphatic carbocycles. The molecule has 2 aromatic carbocycles. The van der Waals surface area contributed by atoms with Crippen LogP contribution in [0.5, 0.6) is 0 Å². The molecule has 0 spiro atoms. The largest absolute Gasteiger partial charge is 0.306 e. The maximum Gasteiger partial charge on any atom is 0.0346 e. The first-order valence-corrected chi connectivity index (χ1v) is 7.87. The molecule has 20 heavy (non-hydrogen) atoms. The second-order valence-electron chi connectivity index (χ2n) is 5.27. The first-order chi connectivity index (χ1) is 9.74. The maximum atomic E-state index is 3.62. The molecule has 0 aliphatic rings. The predicted octanol–water partition coefficient (Wildman–Crippen LogP) is 5.06. The van der Waals surface area contributed by atoms with Gasteiger partial charge in [0.2, 0.25) is 0 Å². The van der Waals surface area contributed by atoms with Gasteiger partial charge < -0.3 is 5.32 Å². The summed E-state index contributed by atoms with van der Waals surface area (Å²) in [5, 5.41) is 7.26. The Morgan fingerprint density at radius 3 is 2.60 bits per heavy atom. The van der Waals surface area contributed by atoms with Crippen LogP contribution < -0.4 is 5.32 Å². The summed E-state index contributed by atoms with van der Waals surface area (Å²) in [6.45, 7) is 5.26. The van der Waals surface area contributed by atoms with Crippen LogP contribution in [-0.2, 0) is 6.54 Å². The number of fused-ring (bicyclic) bond motifs is 1. The zero-order chi connectivity index (χ0) is 13.9. The Labute approximate surface area is 124 Å². The number of hydrogen-bond acceptors (Lipinski definition) is 2. The molecule has 0 fully saturated rings. The average Bonchev–Trinajstić information content (AvgIpc) is 2.89. The Kier molecular flexibility index (Phi) is 3.86. The number of hydrogen-bond donors (Lipinski definition) is 1. The molecule has 0 aliphatic heterocycles. The minimum Gasteiger partial charge on any atom is -0.306 e. The summed E-state index contributed by atoms with van der Waals surface area (Å²) >= 11 is 1.82. The minimum absolute atomic E-state index is 0.370. The Morgan fingerprint density at radius 1 is 1.05 bits per heavy atom. The summed E-state index contributed by atoms with van der Waals surface area (Å²) in [5.41, 5.74) is 4.05. The van der Waals surface area contributed by atoms with E-state index in [4.69, 9.17) is 0 Å². The van der Waals surface area contributed by atoms with E-state index in [9.17, 15) is 0 Å². The summed E-state index contributed by atoms with van der Waals surface area (Å²) in [7, 11) is 0. The quantitative estimate of drug-likeness (QED) is 0.704. The number of thiophene rings is 1. The first kappa shape index (κ1) is 13.3. The zero-order valence-electron chi connectivity index (χ0n) is 11.9. The van der Waals surface area contributed by atoms with E-state index >= 15 is 0 Å². The SMILES string of the molecule is Cc1ccc([C@H](C)NCc2csc3ccccc23)cc1. The van der Waals surface area contributed by atoms with Gasteiger partial charge in [0.15, 0.2) is 0 Å². The molecule has 0 radical (unpaired) electrons. The molecule has 0 saturated carbocycles. The molecule has 102 valence electrons. The van der Waals surface area contributed by atoms with Crippen LogP contribution in [0.3, 0.4) is 0 Å². The fraction of sp³-hybridized carbons (Fsp3) is 0.222. The smallest absolute Gasteiger partial charge is 0.0346 e. The molecule has 0 amide bonds. The van der Waals surface area contributed by atoms with E-state index in [0.717, 1.165) is 6.54 Å². The number of rotatable bonds is 4. The van der Waals surface area contributed by atoms with E-state index in [1.807, 2.05) is 11.3 Å². The molecule has 1 aromatic heterocycles. The van der Waals surface area contributed by atoms with Crippen LogP contribution in [0.4, 0.5) is 0 Å². The van der Waals surface area contributed by atoms with Crippen molar-refractivity contribution in [1.82, 2.24) is 5.32 Å². The van der Waals surface area contributed by atoms with Crippen LogP contribution >= 0.6 is 11.3 Å². The van der Waals surface area contributed by atoms with Crippen molar-refractivity contribution in [2.45, 2.75) is 26.4 Å². The van der Waals surface area contributed by atoms with E-state index in [2.05, 4.69) is 73.1 Å². The fourth-order valence-corrected chi connectivity index (χ4v) is 3.37. The van der Waals surface area contributed by atoms with Crippen LogP contribution in [0.1, 0.15) is 29.7 Å². The maximum absolute atomic E-state index is 3.62. The Balaban J connectivity index is 1.71. The lowest BCUT2D eigenvalue weighted by atomic mass is 10.1. The van der Waals surface area contributed by atoms with Crippen LogP contribution in [0.2, 0.25) is 0 Å². The van der Waals surface area contributed by atoms with Crippen LogP contribution in [0.15, 0.2) is 53.9 Å². The van der Waals surface area contributed by atoms with Crippen molar-refractivity contribution >= 4 is 21.4 Å². The van der Waals surface area contributed by atoms with Gasteiger partial charge in [-0.05, 0) is 41.8 Å². The van der Waals surface area contributed by atoms with Crippen molar-refractivity contribution in [3.8, 4) is 0 Å². The van der Waals surface area contributed by atoms with Crippen molar-refractivity contribution in [2.75, 3.05) is 0 Å². The third-order valence-corrected chi connectivity index (χ3v) is 4.75. The molecular weight excluding hydrogens is 262 g/mol. The topological polar surface area (TPSA) is 12.0 Å². The van der Waals surface area contributed by atoms with Crippen molar-refractivity contribution in [3.05, 3.63) is 70.6 Å². The standard InChI is InChI=1S/C18H19NS/c1-13-7-9-15(10-8-13)14(2)19-11-16-12-20-18-6-4-3-5-17(16)18/h3-10,12,14,19H,11H2,1-2H3/t14-/m0/s1. The molecule has 0 bridgehead atoms. The molecule has 3 rings (SSSR count). The number of aryl methyl sites for hydroxylation is 1. The monoisotopic (exact) mass is 281 g/mol. The lowest BCUT2D eigenvalue weighted by molar-refractivity contribution is 0.577. The Hall–Kier alpha value is -1.64. The summed E-state index contributed by atoms with van der Waals surface area (Å²) < 4.78 is 1.37. The van der Waals surface area contributed by atoms with Gasteiger partial charge in [0.25, 0.3) is 0 Å². The van der Waals surface area contributed by atoms with Gasteiger partial charge in [-0.15, -0.1) is 11.3 Å². The van der Waals surface area contributed by atoms with Gasteiger partial charge in [-0.2, -0.15) is 0 Å². The van der Waals surface area contributed by atoms with Gasteiger partial charge >= 0.3 is 0 Å². The third-order valence-electron chi connectivity index (χ3n) is 3.74. The van der Waals surface area contributed by atoms with Crippen LogP contribution in [0.25, 0.3) is 10.1 Å². The Morgan fingerprint density at radius 2 is 1.80 bits per heavy atom. The molecule has 0 saturated heterocycles. The van der Waals surface area contributed by atoms with Crippen molar-refractivity contribution in [3.63, 3.8) is 0 Å². The highest BCUT2D eigenvalue weighted by Gasteiger charge is 2.07. The van der Waals surface area contributed by atoms with Gasteiger partial charge in [-0.1, -0.05) is 48.0 Å². The number of nitrogens with one attached hydrogen (secondary N) is 1. The normalized spacial score (nSPS) is 12.7. The molecule has 0 unspecified atom stereocenters. The van der Waals surface area contributed by atoms with E-state index in [1.165, 1.54) is 26.8 Å². The van der Waals surface area contributed by atoms with E-state index in [0.29, 0.717) is 6.04 Å². The molecule has 2 heteroatoms. The second kappa shape index (κ2) is 5.78. The molecule has 1 atom stereocenters. The van der Waals surface area contributed by atoms with E-state index in [-0.39, 0.29) is 0 Å². The average molecular weight is 281 g/mol. The second-order valence-corrected chi connectivity index (χ2v) is 6.18. The number of benzene rings is 2. The highest BCUT2D eigenvalue weighted by molar-refractivity contribution is 7.17. The molecule has 1 nitrogen and oxygen atoms in total. The highest BCUT2D eigenvalue weighted by atomic mass is 32.1. The van der Waals surface area contributed by atoms with Gasteiger partial charge in [-0.25, -0.2) is 0 Å². The summed E-state index contributed by atoms with van der Waals surface area (Å²) in [5.74, 6) is 0. The summed E-state index contributed by atoms with van der Waals surface area (Å²) in [4.78, 5) is 0. The highest BCUT2D eigenvalue weighted by Crippen LogP contribution is 2.26. The molecular formula is C18H19NS. The third kappa shape index (κ3) is 2.77. The minimum atomic E-state index is 0.370. The Bertz CT molecular complexity index is 697. The lowest BCUT2D eigenvalue weighted by Crippen LogP contribution is -2.17. The molecule has 3 aromatic rings. The van der Waals surface area contributed by atoms with Crippen molar-refractivity contribution in [1.29, 1.82) is 0 Å². The van der Waals surface area contributed by atoms with E-state index < -0.39 is 0 Å². The summed E-state index contributed by atoms with van der Waals surface area (Å²) in [6.07, 6.45) is 0.